The Morgan fingerprint density at radius 1 is 1.07 bits per heavy atom. The summed E-state index contributed by atoms with van der Waals surface area (Å²) in [5.74, 6) is 0.750. The molecule has 2 aromatic carbocycles. The monoisotopic (exact) mass is 604 g/mol. The van der Waals surface area contributed by atoms with Gasteiger partial charge in [0.15, 0.2) is 0 Å². The van der Waals surface area contributed by atoms with Gasteiger partial charge in [0.25, 0.3) is 0 Å². The van der Waals surface area contributed by atoms with Crippen LogP contribution >= 0.6 is 11.6 Å². The molecule has 3 saturated carbocycles. The van der Waals surface area contributed by atoms with E-state index in [2.05, 4.69) is 57.4 Å². The molecule has 2 bridgehead atoms. The van der Waals surface area contributed by atoms with Crippen molar-refractivity contribution < 1.29 is 18.9 Å². The molecule has 1 aliphatic heterocycles. The number of nitrogens with one attached hydrogen (secondary N) is 2. The van der Waals surface area contributed by atoms with Crippen molar-refractivity contribution in [2.45, 2.75) is 109 Å². The molecule has 2 aromatic rings. The third-order valence-electron chi connectivity index (χ3n) is 11.0. The molecule has 7 atom stereocenters. The van der Waals surface area contributed by atoms with E-state index in [-0.39, 0.29) is 47.2 Å². The highest BCUT2D eigenvalue weighted by Gasteiger charge is 2.68. The minimum atomic E-state index is -0.515. The van der Waals surface area contributed by atoms with Crippen LogP contribution in [0.5, 0.6) is 0 Å². The summed E-state index contributed by atoms with van der Waals surface area (Å²) in [6.45, 7) is 11.2. The Morgan fingerprint density at radius 2 is 1.86 bits per heavy atom. The largest absolute Gasteiger partial charge is 0.481 e. The fraction of sp³-hybridized carbons (Fsp3) is 0.600. The second-order valence-electron chi connectivity index (χ2n) is 14.6. The number of carbonyl (C=O) groups is 2. The first kappa shape index (κ1) is 30.7. The molecule has 1 heterocycles. The highest BCUT2D eigenvalue weighted by atomic mass is 35.5. The number of fused-ring (bicyclic) bond motifs is 1. The van der Waals surface area contributed by atoms with Crippen LogP contribution in [0.1, 0.15) is 102 Å². The van der Waals surface area contributed by atoms with Crippen molar-refractivity contribution in [1.82, 2.24) is 10.6 Å². The Kier molecular flexibility index (Phi) is 8.47. The molecule has 0 spiro atoms. The van der Waals surface area contributed by atoms with Gasteiger partial charge < -0.3 is 19.9 Å². The lowest BCUT2D eigenvalue weighted by Crippen LogP contribution is -2.65. The lowest BCUT2D eigenvalue weighted by atomic mass is 9.43. The topological polar surface area (TPSA) is 76.7 Å². The van der Waals surface area contributed by atoms with Gasteiger partial charge in [-0.2, -0.15) is 0 Å². The molecule has 230 valence electrons. The van der Waals surface area contributed by atoms with Gasteiger partial charge in [-0.25, -0.2) is 0 Å². The van der Waals surface area contributed by atoms with Crippen LogP contribution in [0.2, 0.25) is 5.02 Å². The maximum atomic E-state index is 13.8. The molecule has 2 amide bonds. The van der Waals surface area contributed by atoms with E-state index in [9.17, 15) is 9.59 Å². The molecule has 1 unspecified atom stereocenters. The molecule has 1 saturated heterocycles. The molecule has 43 heavy (non-hydrogen) atoms. The van der Waals surface area contributed by atoms with E-state index in [4.69, 9.17) is 20.9 Å². The molecule has 8 heteroatoms. The average molecular weight is 605 g/mol. The number of benzene rings is 2. The maximum Gasteiger partial charge on any atom is 0.481 e. The van der Waals surface area contributed by atoms with Gasteiger partial charge in [-0.05, 0) is 97.4 Å². The van der Waals surface area contributed by atoms with Crippen LogP contribution in [0.25, 0.3) is 0 Å². The number of aryl methyl sites for hydroxylation is 1. The predicted octanol–water partition coefficient (Wildman–Crippen LogP) is 6.81. The highest BCUT2D eigenvalue weighted by molar-refractivity contribution is 6.47. The maximum absolute atomic E-state index is 13.8. The number of hydrogen-bond donors (Lipinski definition) is 2. The van der Waals surface area contributed by atoms with Gasteiger partial charge in [0.1, 0.15) is 0 Å². The molecule has 2 N–H and O–H groups in total. The molecule has 0 radical (unpaired) electrons. The van der Waals surface area contributed by atoms with Gasteiger partial charge in [0.05, 0.1) is 36.0 Å². The van der Waals surface area contributed by atoms with E-state index in [0.717, 1.165) is 43.2 Å². The lowest BCUT2D eigenvalue weighted by Gasteiger charge is -2.64. The summed E-state index contributed by atoms with van der Waals surface area (Å²) in [6, 6.07) is 15.1. The van der Waals surface area contributed by atoms with E-state index in [1.165, 1.54) is 12.0 Å². The first-order chi connectivity index (χ1) is 20.5. The van der Waals surface area contributed by atoms with Gasteiger partial charge in [0, 0.05) is 5.02 Å². The van der Waals surface area contributed by atoms with Crippen molar-refractivity contribution >= 4 is 30.5 Å². The number of amides is 2. The van der Waals surface area contributed by atoms with Crippen molar-refractivity contribution in [1.29, 1.82) is 0 Å². The number of carbonyl (C=O) groups excluding carboxylic acids is 2. The van der Waals surface area contributed by atoms with Crippen LogP contribution in [-0.4, -0.2) is 36.6 Å². The Morgan fingerprint density at radius 3 is 2.60 bits per heavy atom. The zero-order valence-electron chi connectivity index (χ0n) is 26.2. The van der Waals surface area contributed by atoms with Crippen LogP contribution in [-0.2, 0) is 25.3 Å². The molecule has 5 aliphatic rings. The standard InChI is InChI=1S/C35H46BClN2O4/c1-21(2)16-31(36-42-30-19-24-18-29(34(24,3)4)35(30,5)43-36)39-32(40)20-28(23-12-8-13-25(37)17-23)38-33(41)27-15-9-11-22-10-6-7-14-26(22)27/h6-8,10,12-14,17,21,24,27-31H,9,11,15-16,18-20H2,1-5H3,(H,38,41)(H,39,40)/t24-,27-,28?,29-,30+,31-,35-/m0/s1. The Hall–Kier alpha value is -2.35. The van der Waals surface area contributed by atoms with Crippen LogP contribution in [0, 0.1) is 23.2 Å². The van der Waals surface area contributed by atoms with Gasteiger partial charge >= 0.3 is 7.12 Å². The molecule has 6 nitrogen and oxygen atoms in total. The Labute approximate surface area is 262 Å². The van der Waals surface area contributed by atoms with E-state index in [0.29, 0.717) is 22.8 Å². The van der Waals surface area contributed by atoms with Crippen LogP contribution < -0.4 is 10.6 Å². The number of rotatable bonds is 9. The van der Waals surface area contributed by atoms with Gasteiger partial charge in [0.2, 0.25) is 11.8 Å². The van der Waals surface area contributed by atoms with Crippen molar-refractivity contribution in [3.05, 3.63) is 70.2 Å². The summed E-state index contributed by atoms with van der Waals surface area (Å²) in [5.41, 5.74) is 3.05. The van der Waals surface area contributed by atoms with E-state index in [1.54, 1.807) is 6.07 Å². The normalized spacial score (nSPS) is 30.1. The molecular formula is C35H46BClN2O4. The van der Waals surface area contributed by atoms with Crippen LogP contribution in [0.15, 0.2) is 48.5 Å². The smallest absolute Gasteiger partial charge is 0.404 e. The van der Waals surface area contributed by atoms with Crippen molar-refractivity contribution in [3.63, 3.8) is 0 Å². The Balaban J connectivity index is 1.18. The molecule has 4 fully saturated rings. The van der Waals surface area contributed by atoms with Crippen LogP contribution in [0.4, 0.5) is 0 Å². The summed E-state index contributed by atoms with van der Waals surface area (Å²) in [5, 5.41) is 7.08. The van der Waals surface area contributed by atoms with Crippen molar-refractivity contribution in [2.24, 2.45) is 23.2 Å². The number of hydrogen-bond acceptors (Lipinski definition) is 4. The minimum absolute atomic E-state index is 0.0512. The molecular weight excluding hydrogens is 559 g/mol. The highest BCUT2D eigenvalue weighted by Crippen LogP contribution is 2.65. The van der Waals surface area contributed by atoms with E-state index < -0.39 is 13.2 Å². The SMILES string of the molecule is CC(C)C[C@H](NC(=O)CC(NC(=O)[C@H]1CCCc2ccccc21)c1cccc(Cl)c1)B1O[C@@H]2C[C@@H]3C[C@@H](C3(C)C)[C@]2(C)O1. The predicted molar refractivity (Wildman–Crippen MR) is 171 cm³/mol. The van der Waals surface area contributed by atoms with Gasteiger partial charge in [-0.1, -0.05) is 75.7 Å². The Bertz CT molecular complexity index is 1370. The molecule has 7 rings (SSSR count). The van der Waals surface area contributed by atoms with Crippen LogP contribution in [0.3, 0.4) is 0 Å². The fourth-order valence-corrected chi connectivity index (χ4v) is 8.74. The third-order valence-corrected chi connectivity index (χ3v) is 11.2. The first-order valence-electron chi connectivity index (χ1n) is 16.2. The third kappa shape index (κ3) is 5.90. The summed E-state index contributed by atoms with van der Waals surface area (Å²) in [6.07, 6.45) is 5.83. The van der Waals surface area contributed by atoms with E-state index >= 15 is 0 Å². The molecule has 4 aliphatic carbocycles. The zero-order chi connectivity index (χ0) is 30.5. The van der Waals surface area contributed by atoms with E-state index in [1.807, 2.05) is 30.3 Å². The summed E-state index contributed by atoms with van der Waals surface area (Å²) < 4.78 is 13.3. The summed E-state index contributed by atoms with van der Waals surface area (Å²) in [4.78, 5) is 27.5. The van der Waals surface area contributed by atoms with Crippen molar-refractivity contribution in [3.8, 4) is 0 Å². The summed E-state index contributed by atoms with van der Waals surface area (Å²) >= 11 is 6.37. The average Bonchev–Trinajstić information content (AvgIpc) is 3.33. The number of halogens is 1. The second-order valence-corrected chi connectivity index (χ2v) is 15.0. The van der Waals surface area contributed by atoms with Crippen molar-refractivity contribution in [2.75, 3.05) is 0 Å². The van der Waals surface area contributed by atoms with Gasteiger partial charge in [-0.3, -0.25) is 9.59 Å². The lowest BCUT2D eigenvalue weighted by molar-refractivity contribution is -0.199. The molecule has 0 aromatic heterocycles. The quantitative estimate of drug-likeness (QED) is 0.309. The zero-order valence-corrected chi connectivity index (χ0v) is 27.0. The summed E-state index contributed by atoms with van der Waals surface area (Å²) in [7, 11) is -0.491. The first-order valence-corrected chi connectivity index (χ1v) is 16.6. The minimum Gasteiger partial charge on any atom is -0.404 e. The second kappa shape index (κ2) is 11.9. The van der Waals surface area contributed by atoms with Gasteiger partial charge in [-0.15, -0.1) is 0 Å². The fourth-order valence-electron chi connectivity index (χ4n) is 8.54.